The Hall–Kier alpha value is -2.62. The lowest BCUT2D eigenvalue weighted by Gasteiger charge is -2.40. The molecule has 1 aromatic carbocycles. The SMILES string of the molecule is COCCOC1C(c2ccccc2)Nc2c(ccn3c(C)c(C)nc23)C1OC(F)(F)F. The highest BCUT2D eigenvalue weighted by Gasteiger charge is 2.46. The fourth-order valence-electron chi connectivity index (χ4n) is 3.99. The van der Waals surface area contributed by atoms with Crippen LogP contribution in [0, 0.1) is 13.8 Å². The third-order valence-electron chi connectivity index (χ3n) is 5.55. The number of hydrogen-bond acceptors (Lipinski definition) is 5. The lowest BCUT2D eigenvalue weighted by atomic mass is 9.88. The molecular formula is C22H24F3N3O3. The van der Waals surface area contributed by atoms with Crippen molar-refractivity contribution in [2.45, 2.75) is 38.5 Å². The number of rotatable bonds is 6. The number of aryl methyl sites for hydroxylation is 2. The number of hydrogen-bond donors (Lipinski definition) is 1. The van der Waals surface area contributed by atoms with Gasteiger partial charge in [0.1, 0.15) is 12.2 Å². The van der Waals surface area contributed by atoms with Crippen LogP contribution in [0.25, 0.3) is 5.65 Å². The Morgan fingerprint density at radius 3 is 2.52 bits per heavy atom. The number of anilines is 1. The molecule has 3 heterocycles. The van der Waals surface area contributed by atoms with Crippen LogP contribution in [0.4, 0.5) is 18.9 Å². The summed E-state index contributed by atoms with van der Waals surface area (Å²) in [6, 6.07) is 10.3. The normalized spacial score (nSPS) is 21.2. The summed E-state index contributed by atoms with van der Waals surface area (Å²) >= 11 is 0. The van der Waals surface area contributed by atoms with Gasteiger partial charge in [0.2, 0.25) is 0 Å². The monoisotopic (exact) mass is 435 g/mol. The van der Waals surface area contributed by atoms with Gasteiger partial charge in [-0.15, -0.1) is 13.2 Å². The van der Waals surface area contributed by atoms with Gasteiger partial charge < -0.3 is 19.2 Å². The highest BCUT2D eigenvalue weighted by Crippen LogP contribution is 2.46. The van der Waals surface area contributed by atoms with E-state index in [1.54, 1.807) is 12.3 Å². The second-order valence-corrected chi connectivity index (χ2v) is 7.47. The summed E-state index contributed by atoms with van der Waals surface area (Å²) in [5.74, 6) is 0. The fraction of sp³-hybridized carbons (Fsp3) is 0.409. The Morgan fingerprint density at radius 2 is 1.84 bits per heavy atom. The largest absolute Gasteiger partial charge is 0.523 e. The highest BCUT2D eigenvalue weighted by molar-refractivity contribution is 5.75. The predicted molar refractivity (Wildman–Crippen MR) is 109 cm³/mol. The number of nitrogens with one attached hydrogen (secondary N) is 1. The number of ether oxygens (including phenoxy) is 3. The molecule has 31 heavy (non-hydrogen) atoms. The number of methoxy groups -OCH3 is 1. The minimum absolute atomic E-state index is 0.128. The van der Waals surface area contributed by atoms with Gasteiger partial charge in [0.15, 0.2) is 5.65 Å². The fourth-order valence-corrected chi connectivity index (χ4v) is 3.99. The molecule has 2 aromatic heterocycles. The zero-order chi connectivity index (χ0) is 22.2. The topological polar surface area (TPSA) is 57.0 Å². The molecule has 0 saturated carbocycles. The summed E-state index contributed by atoms with van der Waals surface area (Å²) in [4.78, 5) is 4.59. The molecule has 0 radical (unpaired) electrons. The summed E-state index contributed by atoms with van der Waals surface area (Å²) in [5, 5.41) is 3.39. The summed E-state index contributed by atoms with van der Waals surface area (Å²) < 4.78 is 57.8. The Labute approximate surface area is 177 Å². The van der Waals surface area contributed by atoms with Crippen molar-refractivity contribution in [3.05, 3.63) is 65.1 Å². The Morgan fingerprint density at radius 1 is 1.10 bits per heavy atom. The summed E-state index contributed by atoms with van der Waals surface area (Å²) in [7, 11) is 1.51. The quantitative estimate of drug-likeness (QED) is 0.568. The molecule has 9 heteroatoms. The first-order valence-corrected chi connectivity index (χ1v) is 9.95. The van der Waals surface area contributed by atoms with E-state index in [4.69, 9.17) is 9.47 Å². The second-order valence-electron chi connectivity index (χ2n) is 7.47. The molecule has 0 bridgehead atoms. The minimum atomic E-state index is -4.84. The third kappa shape index (κ3) is 4.26. The molecule has 0 amide bonds. The maximum atomic E-state index is 13.5. The van der Waals surface area contributed by atoms with Crippen LogP contribution in [-0.2, 0) is 14.2 Å². The first kappa shape index (κ1) is 21.6. The first-order valence-electron chi connectivity index (χ1n) is 9.95. The van der Waals surface area contributed by atoms with E-state index in [9.17, 15) is 13.2 Å². The first-order chi connectivity index (χ1) is 14.8. The van der Waals surface area contributed by atoms with Crippen LogP contribution in [0.1, 0.15) is 34.7 Å². The highest BCUT2D eigenvalue weighted by atomic mass is 19.4. The molecule has 0 aliphatic carbocycles. The van der Waals surface area contributed by atoms with E-state index in [0.29, 0.717) is 16.9 Å². The van der Waals surface area contributed by atoms with Crippen LogP contribution >= 0.6 is 0 Å². The van der Waals surface area contributed by atoms with Crippen molar-refractivity contribution >= 4 is 11.3 Å². The number of halogens is 3. The van der Waals surface area contributed by atoms with E-state index < -0.39 is 24.6 Å². The van der Waals surface area contributed by atoms with Crippen LogP contribution in [-0.4, -0.2) is 42.2 Å². The molecule has 0 fully saturated rings. The number of alkyl halides is 3. The maximum Gasteiger partial charge on any atom is 0.523 e. The number of imidazole rings is 1. The third-order valence-corrected chi connectivity index (χ3v) is 5.55. The lowest BCUT2D eigenvalue weighted by molar-refractivity contribution is -0.356. The van der Waals surface area contributed by atoms with Crippen LogP contribution in [0.15, 0.2) is 42.6 Å². The minimum Gasteiger partial charge on any atom is -0.382 e. The Bertz CT molecular complexity index is 1050. The van der Waals surface area contributed by atoms with E-state index in [0.717, 1.165) is 17.0 Å². The van der Waals surface area contributed by atoms with E-state index >= 15 is 0 Å². The van der Waals surface area contributed by atoms with Gasteiger partial charge in [0, 0.05) is 24.6 Å². The summed E-state index contributed by atoms with van der Waals surface area (Å²) in [6.07, 6.45) is -5.43. The molecule has 0 saturated heterocycles. The van der Waals surface area contributed by atoms with Gasteiger partial charge in [-0.25, -0.2) is 4.98 Å². The maximum absolute atomic E-state index is 13.5. The molecule has 1 N–H and O–H groups in total. The molecule has 1 aliphatic heterocycles. The van der Waals surface area contributed by atoms with Crippen molar-refractivity contribution in [3.63, 3.8) is 0 Å². The number of fused-ring (bicyclic) bond motifs is 3. The molecule has 3 unspecified atom stereocenters. The number of pyridine rings is 1. The van der Waals surface area contributed by atoms with E-state index in [1.807, 2.05) is 48.6 Å². The van der Waals surface area contributed by atoms with Crippen LogP contribution in [0.3, 0.4) is 0 Å². The standard InChI is InChI=1S/C22H24F3N3O3/c1-13-14(2)28-10-9-16-18(21(28)26-13)27-17(15-7-5-4-6-8-15)20(30-12-11-29-3)19(16)31-22(23,24)25/h4-10,17,19-20,27H,11-12H2,1-3H3. The Balaban J connectivity index is 1.88. The number of aromatic nitrogens is 2. The lowest BCUT2D eigenvalue weighted by Crippen LogP contribution is -2.42. The van der Waals surface area contributed by atoms with Crippen molar-refractivity contribution in [1.29, 1.82) is 0 Å². The van der Waals surface area contributed by atoms with Gasteiger partial charge in [-0.1, -0.05) is 30.3 Å². The smallest absolute Gasteiger partial charge is 0.382 e. The second kappa shape index (κ2) is 8.49. The van der Waals surface area contributed by atoms with Crippen molar-refractivity contribution in [1.82, 2.24) is 9.38 Å². The molecule has 1 aliphatic rings. The molecule has 0 spiro atoms. The number of nitrogens with zero attached hydrogens (tertiary/aromatic N) is 2. The molecule has 166 valence electrons. The molecule has 6 nitrogen and oxygen atoms in total. The van der Waals surface area contributed by atoms with Gasteiger partial charge in [0.25, 0.3) is 0 Å². The van der Waals surface area contributed by atoms with Gasteiger partial charge in [-0.3, -0.25) is 4.74 Å². The van der Waals surface area contributed by atoms with Crippen molar-refractivity contribution in [2.24, 2.45) is 0 Å². The van der Waals surface area contributed by atoms with Gasteiger partial charge >= 0.3 is 6.36 Å². The van der Waals surface area contributed by atoms with E-state index in [2.05, 4.69) is 15.0 Å². The van der Waals surface area contributed by atoms with Crippen LogP contribution in [0.2, 0.25) is 0 Å². The molecule has 3 aromatic rings. The summed E-state index contributed by atoms with van der Waals surface area (Å²) in [5.41, 5.74) is 3.92. The number of benzene rings is 1. The molecule has 3 atom stereocenters. The van der Waals surface area contributed by atoms with Crippen molar-refractivity contribution in [3.8, 4) is 0 Å². The van der Waals surface area contributed by atoms with Crippen LogP contribution < -0.4 is 5.32 Å². The van der Waals surface area contributed by atoms with E-state index in [1.165, 1.54) is 7.11 Å². The predicted octanol–water partition coefficient (Wildman–Crippen LogP) is 4.73. The van der Waals surface area contributed by atoms with Crippen molar-refractivity contribution < 1.29 is 27.4 Å². The van der Waals surface area contributed by atoms with Crippen molar-refractivity contribution in [2.75, 3.05) is 25.6 Å². The van der Waals surface area contributed by atoms with E-state index in [-0.39, 0.29) is 13.2 Å². The summed E-state index contributed by atoms with van der Waals surface area (Å²) in [6.45, 7) is 4.16. The van der Waals surface area contributed by atoms with Gasteiger partial charge in [-0.2, -0.15) is 0 Å². The molecular weight excluding hydrogens is 411 g/mol. The van der Waals surface area contributed by atoms with Crippen LogP contribution in [0.5, 0.6) is 0 Å². The Kier molecular flexibility index (Phi) is 5.92. The zero-order valence-corrected chi connectivity index (χ0v) is 17.4. The average molecular weight is 435 g/mol. The van der Waals surface area contributed by atoms with Gasteiger partial charge in [0.05, 0.1) is 30.6 Å². The molecule has 4 rings (SSSR count). The van der Waals surface area contributed by atoms with Gasteiger partial charge in [-0.05, 0) is 25.5 Å². The average Bonchev–Trinajstić information content (AvgIpc) is 3.03. The zero-order valence-electron chi connectivity index (χ0n) is 17.4.